The zero-order valence-electron chi connectivity index (χ0n) is 19.8. The molecule has 8 heteroatoms. The van der Waals surface area contributed by atoms with Gasteiger partial charge in [-0.25, -0.2) is 14.1 Å². The second-order valence-corrected chi connectivity index (χ2v) is 10.4. The number of benzene rings is 2. The third-order valence-corrected chi connectivity index (χ3v) is 7.11. The number of rotatable bonds is 3. The van der Waals surface area contributed by atoms with Gasteiger partial charge in [-0.2, -0.15) is 0 Å². The number of halogens is 2. The van der Waals surface area contributed by atoms with E-state index >= 15 is 4.39 Å². The normalized spacial score (nSPS) is 21.1. The minimum atomic E-state index is -0.845. The van der Waals surface area contributed by atoms with Gasteiger partial charge in [0.25, 0.3) is 11.8 Å². The molecule has 4 amide bonds. The molecule has 2 aromatic carbocycles. The van der Waals surface area contributed by atoms with Gasteiger partial charge in [-0.3, -0.25) is 14.9 Å². The zero-order valence-corrected chi connectivity index (χ0v) is 21.4. The molecule has 1 fully saturated rings. The molecule has 6 nitrogen and oxygen atoms in total. The van der Waals surface area contributed by atoms with Crippen molar-refractivity contribution in [3.8, 4) is 0 Å². The molecule has 0 saturated carbocycles. The molecule has 1 atom stereocenters. The van der Waals surface area contributed by atoms with Crippen LogP contribution in [0.5, 0.6) is 0 Å². The van der Waals surface area contributed by atoms with E-state index < -0.39 is 23.7 Å². The summed E-state index contributed by atoms with van der Waals surface area (Å²) in [6.07, 6.45) is 2.13. The summed E-state index contributed by atoms with van der Waals surface area (Å²) >= 11 is 3.36. The van der Waals surface area contributed by atoms with Crippen molar-refractivity contribution < 1.29 is 18.8 Å². The molecule has 2 aliphatic heterocycles. The maximum absolute atomic E-state index is 15.3. The van der Waals surface area contributed by atoms with Crippen LogP contribution in [0.15, 0.2) is 40.4 Å². The summed E-state index contributed by atoms with van der Waals surface area (Å²) in [6.45, 7) is 10.9. The first kappa shape index (κ1) is 24.1. The van der Waals surface area contributed by atoms with Crippen molar-refractivity contribution >= 4 is 51.2 Å². The zero-order chi connectivity index (χ0) is 24.9. The lowest BCUT2D eigenvalue weighted by Crippen LogP contribution is -2.54. The van der Waals surface area contributed by atoms with Gasteiger partial charge in [0.05, 0.1) is 5.69 Å². The number of carbonyl (C=O) groups is 3. The molecular formula is C26H27BrFN3O3. The topological polar surface area (TPSA) is 69.7 Å². The van der Waals surface area contributed by atoms with Gasteiger partial charge in [-0.15, -0.1) is 0 Å². The summed E-state index contributed by atoms with van der Waals surface area (Å²) in [5, 5.41) is 2.20. The van der Waals surface area contributed by atoms with Gasteiger partial charge in [0.2, 0.25) is 0 Å². The van der Waals surface area contributed by atoms with Crippen LogP contribution in [0.2, 0.25) is 0 Å². The fraction of sp³-hybridized carbons (Fsp3) is 0.346. The van der Waals surface area contributed by atoms with Crippen LogP contribution < -0.4 is 15.1 Å². The minimum Gasteiger partial charge on any atom is -0.366 e. The smallest absolute Gasteiger partial charge is 0.335 e. The first-order valence-electron chi connectivity index (χ1n) is 11.2. The molecule has 34 heavy (non-hydrogen) atoms. The Labute approximate surface area is 206 Å². The van der Waals surface area contributed by atoms with E-state index in [2.05, 4.69) is 46.9 Å². The molecular weight excluding hydrogens is 501 g/mol. The predicted octanol–water partition coefficient (Wildman–Crippen LogP) is 5.68. The first-order chi connectivity index (χ1) is 15.9. The van der Waals surface area contributed by atoms with Crippen molar-refractivity contribution in [3.05, 3.63) is 62.9 Å². The molecule has 2 aliphatic rings. The molecule has 1 unspecified atom stereocenters. The Morgan fingerprint density at radius 3 is 2.53 bits per heavy atom. The van der Waals surface area contributed by atoms with Gasteiger partial charge >= 0.3 is 6.03 Å². The van der Waals surface area contributed by atoms with E-state index in [-0.39, 0.29) is 22.6 Å². The highest BCUT2D eigenvalue weighted by molar-refractivity contribution is 9.10. The molecule has 2 heterocycles. The molecule has 2 aromatic rings. The van der Waals surface area contributed by atoms with Crippen LogP contribution >= 0.6 is 15.9 Å². The van der Waals surface area contributed by atoms with Crippen molar-refractivity contribution in [3.63, 3.8) is 0 Å². The van der Waals surface area contributed by atoms with Crippen molar-refractivity contribution in [2.75, 3.05) is 16.3 Å². The molecule has 0 bridgehead atoms. The lowest BCUT2D eigenvalue weighted by molar-refractivity contribution is -0.122. The number of nitrogens with zero attached hydrogens (tertiary/aromatic N) is 2. The Morgan fingerprint density at radius 1 is 1.18 bits per heavy atom. The Balaban J connectivity index is 1.79. The minimum absolute atomic E-state index is 0.115. The summed E-state index contributed by atoms with van der Waals surface area (Å²) in [5.74, 6) is -1.99. The molecule has 0 aromatic heterocycles. The van der Waals surface area contributed by atoms with E-state index in [1.807, 2.05) is 6.92 Å². The number of nitrogens with one attached hydrogen (secondary N) is 1. The number of fused-ring (bicyclic) bond motifs is 1. The summed E-state index contributed by atoms with van der Waals surface area (Å²) in [5.41, 5.74) is 2.55. The fourth-order valence-corrected chi connectivity index (χ4v) is 5.61. The monoisotopic (exact) mass is 527 g/mol. The Hall–Kier alpha value is -3.00. The van der Waals surface area contributed by atoms with Crippen LogP contribution in [0.25, 0.3) is 6.08 Å². The predicted molar refractivity (Wildman–Crippen MR) is 134 cm³/mol. The SMILES string of the molecule is CCN1c2cc(F)c(/C=C3/C(=O)NC(=O)N(c4ccc(Br)cc4C)C3=O)cc2C(C)CC1(C)C. The average molecular weight is 528 g/mol. The highest BCUT2D eigenvalue weighted by Crippen LogP contribution is 2.44. The largest absolute Gasteiger partial charge is 0.366 e. The van der Waals surface area contributed by atoms with Gasteiger partial charge in [0.1, 0.15) is 11.4 Å². The van der Waals surface area contributed by atoms with Gasteiger partial charge < -0.3 is 4.90 Å². The number of anilines is 2. The molecule has 0 spiro atoms. The Kier molecular flexibility index (Phi) is 6.14. The van der Waals surface area contributed by atoms with E-state index in [4.69, 9.17) is 0 Å². The van der Waals surface area contributed by atoms with Crippen LogP contribution in [0.3, 0.4) is 0 Å². The van der Waals surface area contributed by atoms with E-state index in [9.17, 15) is 14.4 Å². The molecule has 1 saturated heterocycles. The van der Waals surface area contributed by atoms with Crippen molar-refractivity contribution in [2.24, 2.45) is 0 Å². The lowest BCUT2D eigenvalue weighted by atomic mass is 9.79. The third kappa shape index (κ3) is 4.04. The van der Waals surface area contributed by atoms with Crippen molar-refractivity contribution in [1.82, 2.24) is 5.32 Å². The molecule has 0 aliphatic carbocycles. The Morgan fingerprint density at radius 2 is 1.88 bits per heavy atom. The van der Waals surface area contributed by atoms with Crippen molar-refractivity contribution in [1.29, 1.82) is 0 Å². The van der Waals surface area contributed by atoms with Gasteiger partial charge in [-0.1, -0.05) is 22.9 Å². The maximum atomic E-state index is 15.3. The number of urea groups is 1. The van der Waals surface area contributed by atoms with Crippen LogP contribution in [0, 0.1) is 12.7 Å². The quantitative estimate of drug-likeness (QED) is 0.412. The summed E-state index contributed by atoms with van der Waals surface area (Å²) in [6, 6.07) is 7.45. The van der Waals surface area contributed by atoms with Gasteiger partial charge in [-0.05, 0) is 87.6 Å². The molecule has 0 radical (unpaired) electrons. The lowest BCUT2D eigenvalue weighted by Gasteiger charge is -2.47. The summed E-state index contributed by atoms with van der Waals surface area (Å²) in [7, 11) is 0. The second kappa shape index (κ2) is 8.65. The number of barbiturate groups is 1. The van der Waals surface area contributed by atoms with Gasteiger partial charge in [0.15, 0.2) is 0 Å². The molecule has 1 N–H and O–H groups in total. The molecule has 178 valence electrons. The fourth-order valence-electron chi connectivity index (χ4n) is 5.13. The highest BCUT2D eigenvalue weighted by Gasteiger charge is 2.39. The average Bonchev–Trinajstić information content (AvgIpc) is 2.72. The second-order valence-electron chi connectivity index (χ2n) is 9.48. The number of hydrogen-bond donors (Lipinski definition) is 1. The van der Waals surface area contributed by atoms with E-state index in [1.165, 1.54) is 12.1 Å². The standard InChI is InChI=1S/C26H27BrFN3O3/c1-6-30-22-12-20(28)16(10-18(22)15(3)13-26(30,4)5)11-19-23(32)29-25(34)31(24(19)33)21-8-7-17(27)9-14(21)2/h7-12,15H,6,13H2,1-5H3,(H,29,32,34)/b19-11-. The number of amides is 4. The van der Waals surface area contributed by atoms with Crippen molar-refractivity contribution in [2.45, 2.75) is 52.5 Å². The van der Waals surface area contributed by atoms with Crippen LogP contribution in [0.1, 0.15) is 56.7 Å². The number of hydrogen-bond acceptors (Lipinski definition) is 4. The number of aryl methyl sites for hydroxylation is 1. The summed E-state index contributed by atoms with van der Waals surface area (Å²) < 4.78 is 16.1. The van der Waals surface area contributed by atoms with Crippen LogP contribution in [-0.2, 0) is 9.59 Å². The van der Waals surface area contributed by atoms with E-state index in [0.29, 0.717) is 11.3 Å². The Bertz CT molecular complexity index is 1250. The third-order valence-electron chi connectivity index (χ3n) is 6.62. The van der Waals surface area contributed by atoms with E-state index in [1.54, 1.807) is 31.2 Å². The number of imide groups is 2. The van der Waals surface area contributed by atoms with Crippen LogP contribution in [0.4, 0.5) is 20.6 Å². The molecule has 4 rings (SSSR count). The van der Waals surface area contributed by atoms with Gasteiger partial charge in [0, 0.05) is 27.8 Å². The summed E-state index contributed by atoms with van der Waals surface area (Å²) in [4.78, 5) is 41.5. The number of carbonyl (C=O) groups excluding carboxylic acids is 3. The van der Waals surface area contributed by atoms with Crippen LogP contribution in [-0.4, -0.2) is 29.9 Å². The highest BCUT2D eigenvalue weighted by atomic mass is 79.9. The first-order valence-corrected chi connectivity index (χ1v) is 12.0. The van der Waals surface area contributed by atoms with E-state index in [0.717, 1.165) is 33.6 Å². The maximum Gasteiger partial charge on any atom is 0.335 e.